The van der Waals surface area contributed by atoms with E-state index in [-0.39, 0.29) is 17.2 Å². The highest BCUT2D eigenvalue weighted by Crippen LogP contribution is 2.31. The zero-order valence-corrected chi connectivity index (χ0v) is 17.5. The molecule has 5 rings (SSSR count). The van der Waals surface area contributed by atoms with Crippen LogP contribution < -0.4 is 10.5 Å². The Kier molecular flexibility index (Phi) is 4.33. The minimum atomic E-state index is -0.328. The summed E-state index contributed by atoms with van der Waals surface area (Å²) in [6.45, 7) is 0. The lowest BCUT2D eigenvalue weighted by atomic mass is 10.1. The molecule has 1 aliphatic rings. The molecule has 0 atom stereocenters. The van der Waals surface area contributed by atoms with Crippen LogP contribution in [0.1, 0.15) is 5.56 Å². The van der Waals surface area contributed by atoms with Crippen molar-refractivity contribution in [3.8, 4) is 11.4 Å². The Morgan fingerprint density at radius 3 is 2.47 bits per heavy atom. The summed E-state index contributed by atoms with van der Waals surface area (Å²) < 4.78 is 2.05. The van der Waals surface area contributed by atoms with Gasteiger partial charge in [-0.25, -0.2) is 4.98 Å². The van der Waals surface area contributed by atoms with E-state index in [9.17, 15) is 9.59 Å². The second-order valence-electron chi connectivity index (χ2n) is 6.91. The number of amides is 1. The van der Waals surface area contributed by atoms with Gasteiger partial charge in [0.15, 0.2) is 11.5 Å². The monoisotopic (exact) mass is 458 g/mol. The lowest BCUT2D eigenvalue weighted by molar-refractivity contribution is -0.112. The first-order valence-electron chi connectivity index (χ1n) is 9.29. The molecule has 0 spiro atoms. The standard InChI is InChI=1S/C23H15BrN4O2/c1-27-19-12-11-15(24)13-17(19)20(23(27)30)26-28-21(14-7-3-2-4-8-14)25-18-10-6-5-9-16(18)22(28)29/h2-13H,1H3/b26-20-. The number of hydrogen-bond acceptors (Lipinski definition) is 4. The summed E-state index contributed by atoms with van der Waals surface area (Å²) in [7, 11) is 1.69. The minimum absolute atomic E-state index is 0.199. The fourth-order valence-corrected chi connectivity index (χ4v) is 3.92. The SMILES string of the molecule is CN1C(=O)/C(=N\n2c(-c3ccccc3)nc3ccccc3c2=O)c2cc(Br)ccc21. The molecule has 1 aromatic heterocycles. The van der Waals surface area contributed by atoms with Crippen molar-refractivity contribution in [3.63, 3.8) is 0 Å². The molecule has 0 radical (unpaired) electrons. The van der Waals surface area contributed by atoms with Crippen LogP contribution in [0.5, 0.6) is 0 Å². The molecule has 1 aliphatic heterocycles. The average molecular weight is 459 g/mol. The molecule has 6 nitrogen and oxygen atoms in total. The van der Waals surface area contributed by atoms with E-state index in [1.165, 1.54) is 9.58 Å². The minimum Gasteiger partial charge on any atom is -0.309 e. The summed E-state index contributed by atoms with van der Waals surface area (Å²) >= 11 is 3.45. The van der Waals surface area contributed by atoms with E-state index in [1.807, 2.05) is 54.6 Å². The first-order chi connectivity index (χ1) is 14.5. The van der Waals surface area contributed by atoms with Crippen molar-refractivity contribution in [1.82, 2.24) is 9.66 Å². The number of para-hydroxylation sites is 1. The molecule has 0 saturated heterocycles. The van der Waals surface area contributed by atoms with E-state index in [2.05, 4.69) is 26.0 Å². The molecule has 1 amide bonds. The van der Waals surface area contributed by atoms with Crippen molar-refractivity contribution >= 4 is 44.1 Å². The maximum absolute atomic E-state index is 13.4. The van der Waals surface area contributed by atoms with Gasteiger partial charge in [0.05, 0.1) is 16.6 Å². The topological polar surface area (TPSA) is 67.6 Å². The van der Waals surface area contributed by atoms with Crippen molar-refractivity contribution in [2.24, 2.45) is 5.10 Å². The number of anilines is 1. The fourth-order valence-electron chi connectivity index (χ4n) is 3.56. The number of halogens is 1. The number of rotatable bonds is 2. The zero-order valence-electron chi connectivity index (χ0n) is 15.9. The zero-order chi connectivity index (χ0) is 20.8. The van der Waals surface area contributed by atoms with Gasteiger partial charge >= 0.3 is 0 Å². The van der Waals surface area contributed by atoms with Crippen LogP contribution in [0.2, 0.25) is 0 Å². The average Bonchev–Trinajstić information content (AvgIpc) is 3.00. The van der Waals surface area contributed by atoms with E-state index in [1.54, 1.807) is 25.2 Å². The van der Waals surface area contributed by atoms with Gasteiger partial charge in [0.1, 0.15) is 0 Å². The smallest absolute Gasteiger partial charge is 0.282 e. The first kappa shape index (κ1) is 18.4. The summed E-state index contributed by atoms with van der Waals surface area (Å²) in [5.74, 6) is 0.105. The molecule has 0 saturated carbocycles. The quantitative estimate of drug-likeness (QED) is 0.454. The summed E-state index contributed by atoms with van der Waals surface area (Å²) in [5, 5.41) is 4.98. The van der Waals surface area contributed by atoms with E-state index in [0.29, 0.717) is 22.3 Å². The molecule has 4 aromatic rings. The number of benzene rings is 3. The number of likely N-dealkylation sites (N-methyl/N-ethyl adjacent to an activating group) is 1. The number of nitrogens with zero attached hydrogens (tertiary/aromatic N) is 4. The van der Waals surface area contributed by atoms with E-state index in [4.69, 9.17) is 0 Å². The predicted molar refractivity (Wildman–Crippen MR) is 121 cm³/mol. The third kappa shape index (κ3) is 2.86. The van der Waals surface area contributed by atoms with E-state index >= 15 is 0 Å². The lowest BCUT2D eigenvalue weighted by Crippen LogP contribution is -2.28. The van der Waals surface area contributed by atoms with Gasteiger partial charge in [-0.1, -0.05) is 58.4 Å². The number of hydrogen-bond donors (Lipinski definition) is 0. The number of carbonyl (C=O) groups excluding carboxylic acids is 1. The number of aromatic nitrogens is 2. The van der Waals surface area contributed by atoms with Gasteiger partial charge in [0, 0.05) is 22.6 Å². The molecule has 0 aliphatic carbocycles. The van der Waals surface area contributed by atoms with Crippen LogP contribution in [0.4, 0.5) is 5.69 Å². The van der Waals surface area contributed by atoms with Crippen LogP contribution in [0, 0.1) is 0 Å². The lowest BCUT2D eigenvalue weighted by Gasteiger charge is -2.10. The highest BCUT2D eigenvalue weighted by molar-refractivity contribution is 9.10. The predicted octanol–water partition coefficient (Wildman–Crippen LogP) is 4.05. The molecular weight excluding hydrogens is 444 g/mol. The van der Waals surface area contributed by atoms with E-state index < -0.39 is 0 Å². The number of carbonyl (C=O) groups is 1. The van der Waals surface area contributed by atoms with Crippen LogP contribution in [-0.4, -0.2) is 28.3 Å². The second kappa shape index (κ2) is 7.03. The Labute approximate surface area is 180 Å². The third-order valence-corrected chi connectivity index (χ3v) is 5.56. The normalized spacial score (nSPS) is 14.5. The molecule has 0 N–H and O–H groups in total. The molecule has 146 valence electrons. The van der Waals surface area contributed by atoms with Crippen LogP contribution in [0.25, 0.3) is 22.3 Å². The first-order valence-corrected chi connectivity index (χ1v) is 10.1. The van der Waals surface area contributed by atoms with Gasteiger partial charge in [0.2, 0.25) is 0 Å². The molecule has 30 heavy (non-hydrogen) atoms. The van der Waals surface area contributed by atoms with Crippen LogP contribution >= 0.6 is 15.9 Å². The Hall–Kier alpha value is -3.58. The molecule has 7 heteroatoms. The highest BCUT2D eigenvalue weighted by Gasteiger charge is 2.32. The number of fused-ring (bicyclic) bond motifs is 2. The van der Waals surface area contributed by atoms with Gasteiger partial charge < -0.3 is 4.90 Å². The molecule has 2 heterocycles. The van der Waals surface area contributed by atoms with Gasteiger partial charge in [-0.15, -0.1) is 0 Å². The molecule has 0 bridgehead atoms. The maximum Gasteiger partial charge on any atom is 0.282 e. The van der Waals surface area contributed by atoms with Gasteiger partial charge in [-0.2, -0.15) is 9.78 Å². The van der Waals surface area contributed by atoms with E-state index in [0.717, 1.165) is 15.7 Å². The highest BCUT2D eigenvalue weighted by atomic mass is 79.9. The molecule has 0 fully saturated rings. The summed E-state index contributed by atoms with van der Waals surface area (Å²) in [5.41, 5.74) is 2.59. The third-order valence-electron chi connectivity index (χ3n) is 5.07. The molecular formula is C23H15BrN4O2. The Morgan fingerprint density at radius 2 is 1.67 bits per heavy atom. The van der Waals surface area contributed by atoms with Crippen LogP contribution in [0.15, 0.2) is 87.2 Å². The summed E-state index contributed by atoms with van der Waals surface area (Å²) in [6.07, 6.45) is 0. The Bertz CT molecular complexity index is 1410. The van der Waals surface area contributed by atoms with Crippen molar-refractivity contribution in [3.05, 3.63) is 93.2 Å². The maximum atomic E-state index is 13.4. The van der Waals surface area contributed by atoms with Gasteiger partial charge in [0.25, 0.3) is 11.5 Å². The Balaban J connectivity index is 1.84. The van der Waals surface area contributed by atoms with Crippen LogP contribution in [0.3, 0.4) is 0 Å². The Morgan fingerprint density at radius 1 is 0.933 bits per heavy atom. The van der Waals surface area contributed by atoms with Crippen molar-refractivity contribution < 1.29 is 4.79 Å². The molecule has 3 aromatic carbocycles. The summed E-state index contributed by atoms with van der Waals surface area (Å²) in [4.78, 5) is 32.5. The van der Waals surface area contributed by atoms with Gasteiger partial charge in [-0.3, -0.25) is 9.59 Å². The van der Waals surface area contributed by atoms with Crippen molar-refractivity contribution in [2.45, 2.75) is 0 Å². The van der Waals surface area contributed by atoms with Crippen molar-refractivity contribution in [2.75, 3.05) is 11.9 Å². The second-order valence-corrected chi connectivity index (χ2v) is 7.83. The largest absolute Gasteiger partial charge is 0.309 e. The fraction of sp³-hybridized carbons (Fsp3) is 0.0435. The van der Waals surface area contributed by atoms with Crippen LogP contribution in [-0.2, 0) is 4.79 Å². The summed E-state index contributed by atoms with van der Waals surface area (Å²) in [6, 6.07) is 22.0. The van der Waals surface area contributed by atoms with Crippen molar-refractivity contribution in [1.29, 1.82) is 0 Å². The molecule has 0 unspecified atom stereocenters. The van der Waals surface area contributed by atoms with Gasteiger partial charge in [-0.05, 0) is 30.3 Å².